The Balaban J connectivity index is 1.79. The van der Waals surface area contributed by atoms with Gasteiger partial charge in [-0.1, -0.05) is 24.6 Å². The van der Waals surface area contributed by atoms with Gasteiger partial charge in [0.05, 0.1) is 17.3 Å². The number of anilines is 2. The molecule has 0 radical (unpaired) electrons. The molecule has 8 heteroatoms. The Labute approximate surface area is 193 Å². The van der Waals surface area contributed by atoms with Crippen LogP contribution in [0.15, 0.2) is 41.5 Å². The molecule has 3 rings (SSSR count). The van der Waals surface area contributed by atoms with Gasteiger partial charge in [-0.15, -0.1) is 0 Å². The molecule has 0 spiro atoms. The lowest BCUT2D eigenvalue weighted by Crippen LogP contribution is -2.29. The maximum atomic E-state index is 12.7. The molecule has 5 N–H and O–H groups in total. The van der Waals surface area contributed by atoms with Crippen LogP contribution in [0.5, 0.6) is 5.75 Å². The van der Waals surface area contributed by atoms with Crippen molar-refractivity contribution < 1.29 is 19.8 Å². The van der Waals surface area contributed by atoms with Crippen LogP contribution in [0.3, 0.4) is 0 Å². The molecule has 1 saturated carbocycles. The average molecular weight is 451 g/mol. The smallest absolute Gasteiger partial charge is 0.306 e. The van der Waals surface area contributed by atoms with Gasteiger partial charge in [-0.25, -0.2) is 0 Å². The van der Waals surface area contributed by atoms with Crippen LogP contribution in [0.1, 0.15) is 55.2 Å². The van der Waals surface area contributed by atoms with E-state index in [0.717, 1.165) is 24.0 Å². The van der Waals surface area contributed by atoms with E-state index in [1.54, 1.807) is 24.3 Å². The number of carbonyl (C=O) groups excluding carboxylic acids is 1. The van der Waals surface area contributed by atoms with E-state index in [-0.39, 0.29) is 23.1 Å². The maximum absolute atomic E-state index is 12.7. The van der Waals surface area contributed by atoms with Crippen molar-refractivity contribution in [3.05, 3.63) is 53.1 Å². The molecule has 0 bridgehead atoms. The molecule has 0 saturated heterocycles. The number of carboxylic acid groups (broad SMARTS) is 1. The Morgan fingerprint density at radius 2 is 1.88 bits per heavy atom. The number of hydrogen-bond donors (Lipinski definition) is 5. The van der Waals surface area contributed by atoms with Gasteiger partial charge in [-0.2, -0.15) is 5.10 Å². The van der Waals surface area contributed by atoms with Crippen LogP contribution < -0.4 is 10.7 Å². The summed E-state index contributed by atoms with van der Waals surface area (Å²) in [5.74, 6) is -1.85. The number of carboxylic acids is 1. The largest absolute Gasteiger partial charge is 0.505 e. The summed E-state index contributed by atoms with van der Waals surface area (Å²) in [5, 5.41) is 35.0. The fourth-order valence-corrected chi connectivity index (χ4v) is 4.11. The second-order valence-electron chi connectivity index (χ2n) is 8.59. The summed E-state index contributed by atoms with van der Waals surface area (Å²) < 4.78 is 0. The van der Waals surface area contributed by atoms with Gasteiger partial charge in [0.15, 0.2) is 5.71 Å². The molecule has 0 aliphatic heterocycles. The summed E-state index contributed by atoms with van der Waals surface area (Å²) in [6.07, 6.45) is 2.70. The van der Waals surface area contributed by atoms with E-state index in [9.17, 15) is 19.8 Å². The monoisotopic (exact) mass is 450 g/mol. The van der Waals surface area contributed by atoms with E-state index >= 15 is 0 Å². The first-order chi connectivity index (χ1) is 15.7. The molecule has 1 fully saturated rings. The number of hydrogen-bond acceptors (Lipinski definition) is 6. The second-order valence-corrected chi connectivity index (χ2v) is 8.59. The van der Waals surface area contributed by atoms with Crippen LogP contribution in [0, 0.1) is 25.2 Å². The van der Waals surface area contributed by atoms with Gasteiger partial charge < -0.3 is 20.9 Å². The highest BCUT2D eigenvalue weighted by atomic mass is 16.4. The highest BCUT2D eigenvalue weighted by molar-refractivity contribution is 6.67. The normalized spacial score (nSPS) is 18.5. The Hall–Kier alpha value is -3.68. The van der Waals surface area contributed by atoms with Gasteiger partial charge in [0.1, 0.15) is 5.75 Å². The molecule has 1 amide bonds. The van der Waals surface area contributed by atoms with Gasteiger partial charge in [-0.05, 0) is 80.8 Å². The van der Waals surface area contributed by atoms with Crippen molar-refractivity contribution >= 4 is 34.7 Å². The standard InChI is InChI=1S/C25H30N4O4/c1-14-10-11-19(12-15(14)2)27-24(31)22(16(3)26)29-28-21-9-5-8-20(23(21)30)17-6-4-7-18(13-17)25(32)33/h5,8-12,17-18,26,28,30H,4,6-7,13H2,1-3H3,(H,27,31)(H,32,33)/b26-16?,29-22-. The molecular weight excluding hydrogens is 420 g/mol. The lowest BCUT2D eigenvalue weighted by atomic mass is 9.77. The van der Waals surface area contributed by atoms with Crippen molar-refractivity contribution in [3.8, 4) is 5.75 Å². The first kappa shape index (κ1) is 24.0. The third kappa shape index (κ3) is 5.77. The summed E-state index contributed by atoms with van der Waals surface area (Å²) in [6, 6.07) is 10.7. The lowest BCUT2D eigenvalue weighted by Gasteiger charge is -2.27. The van der Waals surface area contributed by atoms with E-state index < -0.39 is 17.8 Å². The minimum Gasteiger partial charge on any atom is -0.505 e. The molecule has 33 heavy (non-hydrogen) atoms. The number of amides is 1. The number of phenolic OH excluding ortho intramolecular Hbond substituents is 1. The third-order valence-electron chi connectivity index (χ3n) is 6.15. The molecule has 2 atom stereocenters. The first-order valence-electron chi connectivity index (χ1n) is 11.0. The Bertz CT molecular complexity index is 1110. The number of aromatic hydroxyl groups is 1. The van der Waals surface area contributed by atoms with Gasteiger partial charge in [-0.3, -0.25) is 15.0 Å². The van der Waals surface area contributed by atoms with Gasteiger partial charge in [0, 0.05) is 5.69 Å². The molecule has 174 valence electrons. The summed E-state index contributed by atoms with van der Waals surface area (Å²) >= 11 is 0. The van der Waals surface area contributed by atoms with Crippen LogP contribution >= 0.6 is 0 Å². The van der Waals surface area contributed by atoms with E-state index in [1.807, 2.05) is 26.0 Å². The van der Waals surface area contributed by atoms with Crippen molar-refractivity contribution in [2.45, 2.75) is 52.4 Å². The topological polar surface area (TPSA) is 135 Å². The van der Waals surface area contributed by atoms with Gasteiger partial charge in [0.2, 0.25) is 0 Å². The molecule has 2 unspecified atom stereocenters. The predicted molar refractivity (Wildman–Crippen MR) is 129 cm³/mol. The van der Waals surface area contributed by atoms with Crippen molar-refractivity contribution in [1.82, 2.24) is 0 Å². The van der Waals surface area contributed by atoms with E-state index in [2.05, 4.69) is 15.8 Å². The lowest BCUT2D eigenvalue weighted by molar-refractivity contribution is -0.143. The molecule has 2 aromatic rings. The van der Waals surface area contributed by atoms with Crippen molar-refractivity contribution in [2.24, 2.45) is 11.0 Å². The highest BCUT2D eigenvalue weighted by Crippen LogP contribution is 2.42. The highest BCUT2D eigenvalue weighted by Gasteiger charge is 2.29. The molecule has 1 aliphatic carbocycles. The second kappa shape index (κ2) is 10.3. The van der Waals surface area contributed by atoms with Crippen LogP contribution in [0.25, 0.3) is 0 Å². The number of carbonyl (C=O) groups is 2. The van der Waals surface area contributed by atoms with E-state index in [1.165, 1.54) is 6.92 Å². The van der Waals surface area contributed by atoms with Crippen molar-refractivity contribution in [2.75, 3.05) is 10.7 Å². The molecule has 8 nitrogen and oxygen atoms in total. The van der Waals surface area contributed by atoms with Crippen LogP contribution in [0.2, 0.25) is 0 Å². The van der Waals surface area contributed by atoms with Crippen LogP contribution in [-0.4, -0.2) is 33.5 Å². The third-order valence-corrected chi connectivity index (χ3v) is 6.15. The molecular formula is C25H30N4O4. The zero-order valence-corrected chi connectivity index (χ0v) is 19.1. The first-order valence-corrected chi connectivity index (χ1v) is 11.0. The number of aryl methyl sites for hydroxylation is 2. The summed E-state index contributed by atoms with van der Waals surface area (Å²) in [4.78, 5) is 24.1. The number of aliphatic carboxylic acids is 1. The quantitative estimate of drug-likeness (QED) is 0.234. The molecule has 1 aliphatic rings. The van der Waals surface area contributed by atoms with Crippen LogP contribution in [-0.2, 0) is 9.59 Å². The zero-order valence-electron chi connectivity index (χ0n) is 19.1. The number of para-hydroxylation sites is 1. The van der Waals surface area contributed by atoms with Crippen molar-refractivity contribution in [1.29, 1.82) is 5.41 Å². The molecule has 0 heterocycles. The number of benzene rings is 2. The fourth-order valence-electron chi connectivity index (χ4n) is 4.11. The Kier molecular flexibility index (Phi) is 7.48. The summed E-state index contributed by atoms with van der Waals surface area (Å²) in [5.41, 5.74) is 6.27. The zero-order chi connectivity index (χ0) is 24.1. The SMILES string of the molecule is CC(=N)/C(=N/Nc1cccc(C2CCCC(C(=O)O)C2)c1O)C(=O)Nc1ccc(C)c(C)c1. The molecule has 2 aromatic carbocycles. The maximum Gasteiger partial charge on any atom is 0.306 e. The molecule has 0 aromatic heterocycles. The minimum absolute atomic E-state index is 0.0196. The average Bonchev–Trinajstić information content (AvgIpc) is 2.77. The van der Waals surface area contributed by atoms with Crippen molar-refractivity contribution in [3.63, 3.8) is 0 Å². The van der Waals surface area contributed by atoms with E-state index in [0.29, 0.717) is 29.8 Å². The number of hydrazone groups is 1. The Morgan fingerprint density at radius 3 is 2.55 bits per heavy atom. The number of nitrogens with one attached hydrogen (secondary N) is 3. The van der Waals surface area contributed by atoms with Gasteiger partial charge >= 0.3 is 5.97 Å². The predicted octanol–water partition coefficient (Wildman–Crippen LogP) is 4.81. The summed E-state index contributed by atoms with van der Waals surface area (Å²) in [6.45, 7) is 5.39. The Morgan fingerprint density at radius 1 is 1.12 bits per heavy atom. The number of rotatable bonds is 7. The number of nitrogens with zero attached hydrogens (tertiary/aromatic N) is 1. The minimum atomic E-state index is -0.807. The van der Waals surface area contributed by atoms with E-state index in [4.69, 9.17) is 5.41 Å². The summed E-state index contributed by atoms with van der Waals surface area (Å²) in [7, 11) is 0. The number of phenols is 1. The fraction of sp³-hybridized carbons (Fsp3) is 0.360. The van der Waals surface area contributed by atoms with Crippen LogP contribution in [0.4, 0.5) is 11.4 Å². The van der Waals surface area contributed by atoms with Gasteiger partial charge in [0.25, 0.3) is 5.91 Å².